The van der Waals surface area contributed by atoms with Gasteiger partial charge in [0, 0.05) is 12.6 Å². The van der Waals surface area contributed by atoms with Crippen LogP contribution in [0.3, 0.4) is 0 Å². The van der Waals surface area contributed by atoms with Crippen LogP contribution in [0.2, 0.25) is 0 Å². The number of nitrogens with zero attached hydrogens (tertiary/aromatic N) is 1. The molecule has 1 saturated heterocycles. The molecule has 0 radical (unpaired) electrons. The molecule has 0 aromatic carbocycles. The number of carboxylic acid groups (broad SMARTS) is 1. The van der Waals surface area contributed by atoms with Gasteiger partial charge in [-0.25, -0.2) is 0 Å². The third-order valence-electron chi connectivity index (χ3n) is 5.53. The van der Waals surface area contributed by atoms with Gasteiger partial charge in [0.05, 0.1) is 0 Å². The van der Waals surface area contributed by atoms with E-state index in [1.807, 2.05) is 4.90 Å². The van der Waals surface area contributed by atoms with Gasteiger partial charge < -0.3 is 10.0 Å². The Bertz CT molecular complexity index is 383. The molecule has 4 heteroatoms. The van der Waals surface area contributed by atoms with Gasteiger partial charge in [-0.05, 0) is 44.4 Å². The monoisotopic (exact) mass is 265 g/mol. The van der Waals surface area contributed by atoms with Crippen molar-refractivity contribution in [3.63, 3.8) is 0 Å². The van der Waals surface area contributed by atoms with Crippen molar-refractivity contribution in [2.24, 2.45) is 11.3 Å². The molecule has 3 fully saturated rings. The van der Waals surface area contributed by atoms with E-state index < -0.39 is 11.4 Å². The fraction of sp³-hybridized carbons (Fsp3) is 0.867. The first-order chi connectivity index (χ1) is 9.15. The Balaban J connectivity index is 1.76. The van der Waals surface area contributed by atoms with E-state index in [1.54, 1.807) is 0 Å². The Morgan fingerprint density at radius 2 is 1.68 bits per heavy atom. The van der Waals surface area contributed by atoms with E-state index in [4.69, 9.17) is 0 Å². The van der Waals surface area contributed by atoms with E-state index in [0.717, 1.165) is 25.8 Å². The van der Waals surface area contributed by atoms with Crippen molar-refractivity contribution >= 4 is 11.9 Å². The predicted octanol–water partition coefficient (Wildman–Crippen LogP) is 2.42. The van der Waals surface area contributed by atoms with Gasteiger partial charge in [-0.15, -0.1) is 0 Å². The zero-order valence-corrected chi connectivity index (χ0v) is 11.4. The minimum Gasteiger partial charge on any atom is -0.480 e. The van der Waals surface area contributed by atoms with Gasteiger partial charge in [-0.1, -0.05) is 19.3 Å². The first-order valence-electron chi connectivity index (χ1n) is 7.70. The average molecular weight is 265 g/mol. The number of aliphatic carboxylic acids is 1. The second-order valence-electron chi connectivity index (χ2n) is 6.49. The Hall–Kier alpha value is -1.06. The van der Waals surface area contributed by atoms with Crippen molar-refractivity contribution in [3.05, 3.63) is 0 Å². The van der Waals surface area contributed by atoms with Gasteiger partial charge >= 0.3 is 5.97 Å². The van der Waals surface area contributed by atoms with Gasteiger partial charge in [0.25, 0.3) is 0 Å². The Morgan fingerprint density at radius 3 is 2.21 bits per heavy atom. The SMILES string of the molecule is O=C(O)C1(C(=O)N2CCCC2C2CCCC2)CCC1. The molecule has 0 aromatic rings. The summed E-state index contributed by atoms with van der Waals surface area (Å²) < 4.78 is 0. The van der Waals surface area contributed by atoms with Crippen molar-refractivity contribution in [1.29, 1.82) is 0 Å². The minimum absolute atomic E-state index is 0.0827. The summed E-state index contributed by atoms with van der Waals surface area (Å²) in [7, 11) is 0. The molecule has 4 nitrogen and oxygen atoms in total. The molecule has 1 unspecified atom stereocenters. The molecule has 106 valence electrons. The fourth-order valence-electron chi connectivity index (χ4n) is 4.20. The van der Waals surface area contributed by atoms with Crippen molar-refractivity contribution in [2.45, 2.75) is 63.8 Å². The average Bonchev–Trinajstić information content (AvgIpc) is 2.97. The summed E-state index contributed by atoms with van der Waals surface area (Å²) in [6.07, 6.45) is 9.04. The molecule has 1 heterocycles. The van der Waals surface area contributed by atoms with Gasteiger partial charge in [0.2, 0.25) is 5.91 Å². The van der Waals surface area contributed by atoms with Crippen LogP contribution in [0, 0.1) is 11.3 Å². The van der Waals surface area contributed by atoms with E-state index in [0.29, 0.717) is 24.8 Å². The van der Waals surface area contributed by atoms with Gasteiger partial charge in [-0.3, -0.25) is 9.59 Å². The normalized spacial score (nSPS) is 30.3. The number of hydrogen-bond acceptors (Lipinski definition) is 2. The van der Waals surface area contributed by atoms with Gasteiger partial charge in [0.1, 0.15) is 5.41 Å². The second-order valence-corrected chi connectivity index (χ2v) is 6.49. The van der Waals surface area contributed by atoms with Gasteiger partial charge in [0.15, 0.2) is 0 Å². The summed E-state index contributed by atoms with van der Waals surface area (Å²) in [5.41, 5.74) is -1.07. The number of rotatable bonds is 3. The number of carbonyl (C=O) groups is 2. The van der Waals surface area contributed by atoms with Crippen LogP contribution >= 0.6 is 0 Å². The molecule has 3 rings (SSSR count). The lowest BCUT2D eigenvalue weighted by atomic mass is 9.67. The highest BCUT2D eigenvalue weighted by atomic mass is 16.4. The lowest BCUT2D eigenvalue weighted by Gasteiger charge is -2.41. The topological polar surface area (TPSA) is 57.6 Å². The molecule has 2 saturated carbocycles. The zero-order chi connectivity index (χ0) is 13.5. The third-order valence-corrected chi connectivity index (χ3v) is 5.53. The quantitative estimate of drug-likeness (QED) is 0.797. The highest BCUT2D eigenvalue weighted by molar-refractivity contribution is 6.03. The summed E-state index contributed by atoms with van der Waals surface area (Å²) in [5.74, 6) is -0.362. The third kappa shape index (κ3) is 1.96. The Morgan fingerprint density at radius 1 is 1.00 bits per heavy atom. The zero-order valence-electron chi connectivity index (χ0n) is 11.4. The van der Waals surface area contributed by atoms with E-state index in [-0.39, 0.29) is 5.91 Å². The van der Waals surface area contributed by atoms with Crippen LogP contribution in [0.4, 0.5) is 0 Å². The minimum atomic E-state index is -1.07. The van der Waals surface area contributed by atoms with Crippen molar-refractivity contribution in [1.82, 2.24) is 4.90 Å². The van der Waals surface area contributed by atoms with Crippen LogP contribution in [0.15, 0.2) is 0 Å². The maximum Gasteiger partial charge on any atom is 0.319 e. The lowest BCUT2D eigenvalue weighted by Crippen LogP contribution is -2.54. The lowest BCUT2D eigenvalue weighted by molar-refractivity contribution is -0.168. The molecule has 0 spiro atoms. The first-order valence-corrected chi connectivity index (χ1v) is 7.70. The van der Waals surface area contributed by atoms with Crippen LogP contribution < -0.4 is 0 Å². The molecule has 2 aliphatic carbocycles. The Labute approximate surface area is 114 Å². The number of likely N-dealkylation sites (tertiary alicyclic amines) is 1. The summed E-state index contributed by atoms with van der Waals surface area (Å²) in [6.45, 7) is 0.773. The molecular weight excluding hydrogens is 242 g/mol. The van der Waals surface area contributed by atoms with E-state index in [1.165, 1.54) is 25.7 Å². The molecule has 0 bridgehead atoms. The first kappa shape index (κ1) is 12.9. The molecule has 1 amide bonds. The van der Waals surface area contributed by atoms with Gasteiger partial charge in [-0.2, -0.15) is 0 Å². The summed E-state index contributed by atoms with van der Waals surface area (Å²) in [4.78, 5) is 26.1. The Kier molecular flexibility index (Phi) is 3.27. The van der Waals surface area contributed by atoms with Crippen LogP contribution in [-0.2, 0) is 9.59 Å². The smallest absolute Gasteiger partial charge is 0.319 e. The second kappa shape index (κ2) is 4.80. The number of amides is 1. The summed E-state index contributed by atoms with van der Waals surface area (Å²) >= 11 is 0. The number of carbonyl (C=O) groups excluding carboxylic acids is 1. The fourth-order valence-corrected chi connectivity index (χ4v) is 4.20. The van der Waals surface area contributed by atoms with E-state index in [9.17, 15) is 14.7 Å². The highest BCUT2D eigenvalue weighted by Gasteiger charge is 2.54. The van der Waals surface area contributed by atoms with Crippen molar-refractivity contribution < 1.29 is 14.7 Å². The van der Waals surface area contributed by atoms with Crippen LogP contribution in [0.5, 0.6) is 0 Å². The molecule has 19 heavy (non-hydrogen) atoms. The molecule has 1 atom stereocenters. The molecule has 0 aromatic heterocycles. The summed E-state index contributed by atoms with van der Waals surface area (Å²) in [6, 6.07) is 0.326. The van der Waals surface area contributed by atoms with E-state index in [2.05, 4.69) is 0 Å². The highest BCUT2D eigenvalue weighted by Crippen LogP contribution is 2.45. The maximum atomic E-state index is 12.7. The van der Waals surface area contributed by atoms with E-state index >= 15 is 0 Å². The predicted molar refractivity (Wildman–Crippen MR) is 70.6 cm³/mol. The van der Waals surface area contributed by atoms with Crippen molar-refractivity contribution in [3.8, 4) is 0 Å². The molecule has 1 aliphatic heterocycles. The van der Waals surface area contributed by atoms with Crippen LogP contribution in [0.1, 0.15) is 57.8 Å². The number of hydrogen-bond donors (Lipinski definition) is 1. The van der Waals surface area contributed by atoms with Crippen molar-refractivity contribution in [2.75, 3.05) is 6.54 Å². The molecule has 3 aliphatic rings. The largest absolute Gasteiger partial charge is 0.480 e. The number of carboxylic acids is 1. The van der Waals surface area contributed by atoms with Crippen LogP contribution in [0.25, 0.3) is 0 Å². The standard InChI is InChI=1S/C15H23NO3/c17-13(15(14(18)19)8-4-9-15)16-10-3-7-12(16)11-5-1-2-6-11/h11-12H,1-10H2,(H,18,19). The summed E-state index contributed by atoms with van der Waals surface area (Å²) in [5, 5.41) is 9.42. The molecular formula is C15H23NO3. The maximum absolute atomic E-state index is 12.7. The molecule has 1 N–H and O–H groups in total. The van der Waals surface area contributed by atoms with Crippen LogP contribution in [-0.4, -0.2) is 34.5 Å².